The van der Waals surface area contributed by atoms with Crippen LogP contribution in [-0.4, -0.2) is 39.7 Å². The average molecular weight is 331 g/mol. The molecule has 0 bridgehead atoms. The number of para-hydroxylation sites is 1. The average Bonchev–Trinajstić information content (AvgIpc) is 3.09. The van der Waals surface area contributed by atoms with Crippen LogP contribution in [0.1, 0.15) is 32.1 Å². The van der Waals surface area contributed by atoms with Crippen LogP contribution in [0.2, 0.25) is 0 Å². The van der Waals surface area contributed by atoms with Crippen molar-refractivity contribution in [1.82, 2.24) is 15.0 Å². The molecule has 0 spiro atoms. The maximum absolute atomic E-state index is 12.4. The van der Waals surface area contributed by atoms with Crippen molar-refractivity contribution < 1.29 is 9.48 Å². The highest BCUT2D eigenvalue weighted by atomic mass is 32.2. The Morgan fingerprint density at radius 1 is 1.30 bits per heavy atom. The Kier molecular flexibility index (Phi) is 5.33. The predicted molar refractivity (Wildman–Crippen MR) is 90.5 cm³/mol. The van der Waals surface area contributed by atoms with Gasteiger partial charge < -0.3 is 4.90 Å². The van der Waals surface area contributed by atoms with Crippen LogP contribution in [0, 0.1) is 0 Å². The van der Waals surface area contributed by atoms with E-state index < -0.39 is 0 Å². The third kappa shape index (κ3) is 3.93. The molecule has 1 aliphatic rings. The van der Waals surface area contributed by atoms with Gasteiger partial charge in [-0.2, -0.15) is 5.10 Å². The standard InChI is InChI=1S/C17H22N4OS/c1-20(14-8-4-2-5-9-14)16(22)12-23-17-18-13-19-21(17)15-10-6-3-7-11-15/h3,6-7,10-11,13-14H,2,4-5,8-9,12H2,1H3/p+1. The summed E-state index contributed by atoms with van der Waals surface area (Å²) in [5, 5.41) is 3.91. The molecule has 1 saturated carbocycles. The van der Waals surface area contributed by atoms with Gasteiger partial charge in [-0.3, -0.25) is 4.79 Å². The molecule has 23 heavy (non-hydrogen) atoms. The number of nitrogens with zero attached hydrogens (tertiary/aromatic N) is 3. The van der Waals surface area contributed by atoms with Gasteiger partial charge in [0.2, 0.25) is 12.2 Å². The summed E-state index contributed by atoms with van der Waals surface area (Å²) in [6.45, 7) is 0. The molecular weight excluding hydrogens is 308 g/mol. The third-order valence-electron chi connectivity index (χ3n) is 4.41. The predicted octanol–water partition coefficient (Wildman–Crippen LogP) is 2.57. The molecular formula is C17H23N4OS+. The van der Waals surface area contributed by atoms with E-state index >= 15 is 0 Å². The van der Waals surface area contributed by atoms with Gasteiger partial charge in [-0.05, 0) is 41.7 Å². The number of thioether (sulfide) groups is 1. The van der Waals surface area contributed by atoms with E-state index in [0.717, 1.165) is 23.7 Å². The molecule has 5 nitrogen and oxygen atoms in total. The molecule has 3 rings (SSSR count). The first-order valence-corrected chi connectivity index (χ1v) is 9.13. The minimum Gasteiger partial charge on any atom is -0.342 e. The van der Waals surface area contributed by atoms with Gasteiger partial charge >= 0.3 is 5.16 Å². The van der Waals surface area contributed by atoms with Crippen LogP contribution in [0.25, 0.3) is 5.69 Å². The van der Waals surface area contributed by atoms with E-state index in [9.17, 15) is 4.79 Å². The first-order valence-electron chi connectivity index (χ1n) is 8.15. The van der Waals surface area contributed by atoms with Crippen LogP contribution >= 0.6 is 11.8 Å². The minimum atomic E-state index is 0.185. The van der Waals surface area contributed by atoms with Crippen molar-refractivity contribution in [2.24, 2.45) is 0 Å². The van der Waals surface area contributed by atoms with E-state index in [0.29, 0.717) is 11.8 Å². The SMILES string of the molecule is CN(C(=O)CSc1nc[nH][n+]1-c1ccccc1)C1CCCCC1. The fourth-order valence-corrected chi connectivity index (χ4v) is 3.89. The number of H-pyrrole nitrogens is 1. The first kappa shape index (κ1) is 16.1. The maximum atomic E-state index is 12.4. The van der Waals surface area contributed by atoms with Crippen LogP contribution in [0.4, 0.5) is 0 Å². The molecule has 1 aliphatic carbocycles. The summed E-state index contributed by atoms with van der Waals surface area (Å²) in [7, 11) is 1.94. The number of amides is 1. The Labute approximate surface area is 141 Å². The minimum absolute atomic E-state index is 0.185. The van der Waals surface area contributed by atoms with Crippen LogP contribution in [0.3, 0.4) is 0 Å². The molecule has 0 saturated heterocycles. The molecule has 122 valence electrons. The van der Waals surface area contributed by atoms with Crippen molar-refractivity contribution in [3.8, 4) is 5.69 Å². The van der Waals surface area contributed by atoms with E-state index in [1.54, 1.807) is 6.33 Å². The zero-order chi connectivity index (χ0) is 16.1. The monoisotopic (exact) mass is 331 g/mol. The Hall–Kier alpha value is -1.82. The van der Waals surface area contributed by atoms with Gasteiger partial charge in [0, 0.05) is 13.1 Å². The number of carbonyl (C=O) groups is 1. The van der Waals surface area contributed by atoms with Crippen molar-refractivity contribution in [3.05, 3.63) is 36.7 Å². The fourth-order valence-electron chi connectivity index (χ4n) is 3.02. The quantitative estimate of drug-likeness (QED) is 0.677. The molecule has 1 N–H and O–H groups in total. The topological polar surface area (TPSA) is 52.9 Å². The Balaban J connectivity index is 1.60. The summed E-state index contributed by atoms with van der Waals surface area (Å²) in [5.41, 5.74) is 1.01. The summed E-state index contributed by atoms with van der Waals surface area (Å²) < 4.78 is 1.90. The third-order valence-corrected chi connectivity index (χ3v) is 5.35. The van der Waals surface area contributed by atoms with Crippen molar-refractivity contribution >= 4 is 17.7 Å². The largest absolute Gasteiger partial charge is 0.385 e. The molecule has 0 atom stereocenters. The Morgan fingerprint density at radius 2 is 2.04 bits per heavy atom. The first-order chi connectivity index (χ1) is 11.3. The van der Waals surface area contributed by atoms with Gasteiger partial charge in [-0.1, -0.05) is 37.5 Å². The highest BCUT2D eigenvalue weighted by Crippen LogP contribution is 2.22. The number of hydrogen-bond acceptors (Lipinski definition) is 3. The van der Waals surface area contributed by atoms with Crippen molar-refractivity contribution in [2.45, 2.75) is 43.3 Å². The molecule has 1 aromatic carbocycles. The zero-order valence-electron chi connectivity index (χ0n) is 13.4. The maximum Gasteiger partial charge on any atom is 0.385 e. The molecule has 0 aliphatic heterocycles. The molecule has 1 heterocycles. The highest BCUT2D eigenvalue weighted by Gasteiger charge is 2.24. The second kappa shape index (κ2) is 7.64. The van der Waals surface area contributed by atoms with Crippen LogP contribution in [-0.2, 0) is 4.79 Å². The summed E-state index contributed by atoms with van der Waals surface area (Å²) in [6, 6.07) is 10.4. The molecule has 2 aromatic rings. The van der Waals surface area contributed by atoms with Gasteiger partial charge in [0.25, 0.3) is 0 Å². The van der Waals surface area contributed by atoms with Crippen molar-refractivity contribution in [2.75, 3.05) is 12.8 Å². The summed E-state index contributed by atoms with van der Waals surface area (Å²) >= 11 is 1.48. The summed E-state index contributed by atoms with van der Waals surface area (Å²) in [4.78, 5) is 18.7. The number of nitrogens with one attached hydrogen (secondary N) is 1. The molecule has 1 amide bonds. The second-order valence-corrected chi connectivity index (χ2v) is 6.87. The summed E-state index contributed by atoms with van der Waals surface area (Å²) in [5.74, 6) is 0.606. The van der Waals surface area contributed by atoms with E-state index in [-0.39, 0.29) is 5.91 Å². The Morgan fingerprint density at radius 3 is 2.78 bits per heavy atom. The summed E-state index contributed by atoms with van der Waals surface area (Å²) in [6.07, 6.45) is 7.71. The number of hydrogen-bond donors (Lipinski definition) is 1. The molecule has 1 aromatic heterocycles. The molecule has 6 heteroatoms. The lowest BCUT2D eigenvalue weighted by molar-refractivity contribution is -0.694. The van der Waals surface area contributed by atoms with Crippen LogP contribution in [0.5, 0.6) is 0 Å². The van der Waals surface area contributed by atoms with Crippen molar-refractivity contribution in [3.63, 3.8) is 0 Å². The van der Waals surface area contributed by atoms with E-state index in [4.69, 9.17) is 0 Å². The lowest BCUT2D eigenvalue weighted by atomic mass is 9.94. The number of carbonyl (C=O) groups excluding carboxylic acids is 1. The van der Waals surface area contributed by atoms with Gasteiger partial charge in [-0.15, -0.1) is 4.68 Å². The number of aromatic amines is 1. The highest BCUT2D eigenvalue weighted by molar-refractivity contribution is 7.99. The number of benzene rings is 1. The van der Waals surface area contributed by atoms with Crippen molar-refractivity contribution in [1.29, 1.82) is 0 Å². The number of rotatable bonds is 5. The van der Waals surface area contributed by atoms with Gasteiger partial charge in [0.15, 0.2) is 5.69 Å². The van der Waals surface area contributed by atoms with Gasteiger partial charge in [0.05, 0.1) is 5.75 Å². The van der Waals surface area contributed by atoms with Gasteiger partial charge in [-0.25, -0.2) is 0 Å². The van der Waals surface area contributed by atoms with Gasteiger partial charge in [0.1, 0.15) is 0 Å². The van der Waals surface area contributed by atoms with E-state index in [1.807, 2.05) is 47.0 Å². The molecule has 0 radical (unpaired) electrons. The second-order valence-electron chi connectivity index (χ2n) is 5.93. The molecule has 0 unspecified atom stereocenters. The number of aromatic nitrogens is 3. The molecule has 1 fully saturated rings. The Bertz CT molecular complexity index is 637. The normalized spacial score (nSPS) is 15.5. The smallest absolute Gasteiger partial charge is 0.342 e. The van der Waals surface area contributed by atoms with Crippen LogP contribution < -0.4 is 4.68 Å². The fraction of sp³-hybridized carbons (Fsp3) is 0.471. The van der Waals surface area contributed by atoms with Crippen LogP contribution in [0.15, 0.2) is 41.8 Å². The lowest BCUT2D eigenvalue weighted by Gasteiger charge is -2.31. The van der Waals surface area contributed by atoms with E-state index in [2.05, 4.69) is 10.1 Å². The zero-order valence-corrected chi connectivity index (χ0v) is 14.3. The lowest BCUT2D eigenvalue weighted by Crippen LogP contribution is -2.40. The van der Waals surface area contributed by atoms with E-state index in [1.165, 1.54) is 31.0 Å².